The first kappa shape index (κ1) is 21.7. The zero-order valence-corrected chi connectivity index (χ0v) is 17.7. The van der Waals surface area contributed by atoms with Crippen molar-refractivity contribution in [3.8, 4) is 11.4 Å². The van der Waals surface area contributed by atoms with E-state index in [2.05, 4.69) is 10.4 Å². The topological polar surface area (TPSA) is 82.2 Å². The van der Waals surface area contributed by atoms with Crippen molar-refractivity contribution < 1.29 is 9.53 Å². The molecule has 2 saturated carbocycles. The van der Waals surface area contributed by atoms with Crippen LogP contribution in [0.15, 0.2) is 36.5 Å². The summed E-state index contributed by atoms with van der Waals surface area (Å²) in [5, 5.41) is 7.85. The van der Waals surface area contributed by atoms with Crippen molar-refractivity contribution in [3.63, 3.8) is 0 Å². The Morgan fingerprint density at radius 3 is 2.59 bits per heavy atom. The number of fused-ring (bicyclic) bond motifs is 2. The molecule has 1 heterocycles. The average molecular weight is 419 g/mol. The quantitative estimate of drug-likeness (QED) is 0.748. The molecule has 0 spiro atoms. The van der Waals surface area contributed by atoms with Gasteiger partial charge in [-0.2, -0.15) is 5.10 Å². The number of halogens is 1. The summed E-state index contributed by atoms with van der Waals surface area (Å²) < 4.78 is 7.57. The van der Waals surface area contributed by atoms with Gasteiger partial charge in [0.2, 0.25) is 0 Å². The van der Waals surface area contributed by atoms with Gasteiger partial charge in [0.15, 0.2) is 11.4 Å². The molecule has 0 radical (unpaired) electrons. The van der Waals surface area contributed by atoms with E-state index >= 15 is 0 Å². The third-order valence-corrected chi connectivity index (χ3v) is 6.05. The Hall–Kier alpha value is -2.05. The molecule has 1 aromatic carbocycles. The number of ether oxygens (including phenoxy) is 1. The van der Waals surface area contributed by atoms with Gasteiger partial charge in [0.05, 0.1) is 18.5 Å². The van der Waals surface area contributed by atoms with Crippen molar-refractivity contribution in [2.24, 2.45) is 17.6 Å². The zero-order valence-electron chi connectivity index (χ0n) is 16.9. The number of hydrogen-bond donors (Lipinski definition) is 2. The SMILES string of the molecule is CCCOc1cn(-c2ccccc2)nc1C(=O)NC1C2CCCC1CC(N)C2.Cl. The number of nitrogens with one attached hydrogen (secondary N) is 1. The number of carbonyl (C=O) groups is 1. The number of para-hydroxylation sites is 1. The van der Waals surface area contributed by atoms with Crippen LogP contribution in [0.25, 0.3) is 5.69 Å². The van der Waals surface area contributed by atoms with Gasteiger partial charge >= 0.3 is 0 Å². The number of nitrogens with zero attached hydrogens (tertiary/aromatic N) is 2. The molecule has 2 fully saturated rings. The highest BCUT2D eigenvalue weighted by Crippen LogP contribution is 2.40. The number of carbonyl (C=O) groups excluding carboxylic acids is 1. The summed E-state index contributed by atoms with van der Waals surface area (Å²) >= 11 is 0. The molecular weight excluding hydrogens is 388 g/mol. The van der Waals surface area contributed by atoms with Crippen LogP contribution in [0.5, 0.6) is 5.75 Å². The maximum Gasteiger partial charge on any atom is 0.275 e. The lowest BCUT2D eigenvalue weighted by Gasteiger charge is -2.45. The maximum absolute atomic E-state index is 13.2. The fraction of sp³-hybridized carbons (Fsp3) is 0.545. The lowest BCUT2D eigenvalue weighted by atomic mass is 9.67. The Kier molecular flexibility index (Phi) is 7.19. The van der Waals surface area contributed by atoms with Crippen LogP contribution in [0.1, 0.15) is 55.9 Å². The highest BCUT2D eigenvalue weighted by Gasteiger charge is 2.40. The van der Waals surface area contributed by atoms with Gasteiger partial charge in [-0.25, -0.2) is 4.68 Å². The molecular formula is C22H31ClN4O2. The molecule has 2 bridgehead atoms. The molecule has 2 aromatic rings. The molecule has 2 atom stereocenters. The molecule has 3 N–H and O–H groups in total. The van der Waals surface area contributed by atoms with E-state index in [1.807, 2.05) is 37.3 Å². The van der Waals surface area contributed by atoms with Gasteiger partial charge in [-0.05, 0) is 56.1 Å². The second kappa shape index (κ2) is 9.63. The van der Waals surface area contributed by atoms with Gasteiger partial charge in [-0.1, -0.05) is 31.5 Å². The summed E-state index contributed by atoms with van der Waals surface area (Å²) in [6.45, 7) is 2.61. The molecule has 1 amide bonds. The van der Waals surface area contributed by atoms with Crippen molar-refractivity contribution in [3.05, 3.63) is 42.2 Å². The fourth-order valence-corrected chi connectivity index (χ4v) is 4.79. The Balaban J connectivity index is 0.00000240. The summed E-state index contributed by atoms with van der Waals surface area (Å²) in [6, 6.07) is 10.3. The van der Waals surface area contributed by atoms with Crippen LogP contribution in [0.3, 0.4) is 0 Å². The number of amides is 1. The Morgan fingerprint density at radius 1 is 1.24 bits per heavy atom. The molecule has 6 nitrogen and oxygen atoms in total. The van der Waals surface area contributed by atoms with Crippen LogP contribution >= 0.6 is 12.4 Å². The molecule has 158 valence electrons. The average Bonchev–Trinajstić information content (AvgIpc) is 3.12. The minimum absolute atomic E-state index is 0. The molecule has 4 rings (SSSR count). The second-order valence-electron chi connectivity index (χ2n) is 8.15. The molecule has 2 aliphatic carbocycles. The van der Waals surface area contributed by atoms with E-state index in [9.17, 15) is 4.79 Å². The molecule has 2 unspecified atom stereocenters. The summed E-state index contributed by atoms with van der Waals surface area (Å²) in [5.41, 5.74) is 7.50. The predicted octanol–water partition coefficient (Wildman–Crippen LogP) is 3.72. The minimum Gasteiger partial charge on any atom is -0.489 e. The summed E-state index contributed by atoms with van der Waals surface area (Å²) in [5.74, 6) is 1.35. The summed E-state index contributed by atoms with van der Waals surface area (Å²) in [7, 11) is 0. The number of nitrogens with two attached hydrogens (primary N) is 1. The Morgan fingerprint density at radius 2 is 1.93 bits per heavy atom. The lowest BCUT2D eigenvalue weighted by molar-refractivity contribution is 0.0748. The van der Waals surface area contributed by atoms with E-state index in [0.29, 0.717) is 29.9 Å². The van der Waals surface area contributed by atoms with Crippen molar-refractivity contribution in [2.75, 3.05) is 6.61 Å². The maximum atomic E-state index is 13.2. The fourth-order valence-electron chi connectivity index (χ4n) is 4.79. The third-order valence-electron chi connectivity index (χ3n) is 6.05. The molecule has 1 aromatic heterocycles. The summed E-state index contributed by atoms with van der Waals surface area (Å²) in [4.78, 5) is 13.2. The largest absolute Gasteiger partial charge is 0.489 e. The van der Waals surface area contributed by atoms with E-state index in [1.165, 1.54) is 6.42 Å². The number of rotatable bonds is 6. The van der Waals surface area contributed by atoms with Crippen molar-refractivity contribution >= 4 is 18.3 Å². The highest BCUT2D eigenvalue weighted by molar-refractivity contribution is 5.95. The van der Waals surface area contributed by atoms with Gasteiger partial charge < -0.3 is 15.8 Å². The first-order chi connectivity index (χ1) is 13.7. The van der Waals surface area contributed by atoms with Crippen LogP contribution in [0.4, 0.5) is 0 Å². The standard InChI is InChI=1S/C22H30N4O2.ClH/c1-2-11-28-19-14-26(18-9-4-3-5-10-18)25-21(19)22(27)24-20-15-7-6-8-16(20)13-17(23)12-15;/h3-5,9-10,14-17,20H,2,6-8,11-13,23H2,1H3,(H,24,27);1H. The smallest absolute Gasteiger partial charge is 0.275 e. The van der Waals surface area contributed by atoms with Gasteiger partial charge in [0, 0.05) is 12.1 Å². The first-order valence-electron chi connectivity index (χ1n) is 10.5. The molecule has 0 saturated heterocycles. The Labute approximate surface area is 178 Å². The number of benzene rings is 1. The number of aromatic nitrogens is 2. The number of hydrogen-bond acceptors (Lipinski definition) is 4. The van der Waals surface area contributed by atoms with Crippen molar-refractivity contribution in [1.29, 1.82) is 0 Å². The molecule has 0 aliphatic heterocycles. The van der Waals surface area contributed by atoms with Crippen LogP contribution in [-0.2, 0) is 0 Å². The third kappa shape index (κ3) is 4.75. The van der Waals surface area contributed by atoms with E-state index in [1.54, 1.807) is 10.9 Å². The highest BCUT2D eigenvalue weighted by atomic mass is 35.5. The van der Waals surface area contributed by atoms with E-state index in [0.717, 1.165) is 37.8 Å². The van der Waals surface area contributed by atoms with Crippen LogP contribution in [0, 0.1) is 11.8 Å². The Bertz CT molecular complexity index is 796. The summed E-state index contributed by atoms with van der Waals surface area (Å²) in [6.07, 6.45) is 8.21. The molecule has 29 heavy (non-hydrogen) atoms. The normalized spacial score (nSPS) is 25.7. The molecule has 7 heteroatoms. The van der Waals surface area contributed by atoms with Crippen molar-refractivity contribution in [2.45, 2.75) is 57.5 Å². The lowest BCUT2D eigenvalue weighted by Crippen LogP contribution is -2.53. The van der Waals surface area contributed by atoms with E-state index < -0.39 is 0 Å². The van der Waals surface area contributed by atoms with Gasteiger partial charge in [-0.15, -0.1) is 12.4 Å². The van der Waals surface area contributed by atoms with Crippen molar-refractivity contribution in [1.82, 2.24) is 15.1 Å². The van der Waals surface area contributed by atoms with Crippen LogP contribution in [-0.4, -0.2) is 34.4 Å². The molecule has 2 aliphatic rings. The first-order valence-corrected chi connectivity index (χ1v) is 10.5. The monoisotopic (exact) mass is 418 g/mol. The van der Waals surface area contributed by atoms with Gasteiger partial charge in [-0.3, -0.25) is 4.79 Å². The predicted molar refractivity (Wildman–Crippen MR) is 116 cm³/mol. The van der Waals surface area contributed by atoms with Crippen LogP contribution < -0.4 is 15.8 Å². The van der Waals surface area contributed by atoms with Crippen LogP contribution in [0.2, 0.25) is 0 Å². The zero-order chi connectivity index (χ0) is 19.5. The van der Waals surface area contributed by atoms with Gasteiger partial charge in [0.1, 0.15) is 0 Å². The second-order valence-corrected chi connectivity index (χ2v) is 8.15. The van der Waals surface area contributed by atoms with Gasteiger partial charge in [0.25, 0.3) is 5.91 Å². The van der Waals surface area contributed by atoms with E-state index in [4.69, 9.17) is 10.5 Å². The van der Waals surface area contributed by atoms with E-state index in [-0.39, 0.29) is 30.4 Å². The minimum atomic E-state index is -0.141.